The van der Waals surface area contributed by atoms with E-state index in [2.05, 4.69) is 87.2 Å². The molecule has 3 aromatic carbocycles. The Morgan fingerprint density at radius 1 is 0.536 bits per heavy atom. The van der Waals surface area contributed by atoms with E-state index < -0.39 is 26.4 Å². The molecule has 18 heteroatoms. The Morgan fingerprint density at radius 2 is 0.899 bits per heavy atom. The summed E-state index contributed by atoms with van der Waals surface area (Å²) >= 11 is 11.7. The second kappa shape index (κ2) is 22.2. The van der Waals surface area contributed by atoms with Gasteiger partial charge in [-0.25, -0.2) is 0 Å². The number of hydrogen-bond donors (Lipinski definition) is 1. The Morgan fingerprint density at radius 3 is 1.29 bits per heavy atom. The number of rotatable bonds is 5. The lowest BCUT2D eigenvalue weighted by atomic mass is 9.49. The van der Waals surface area contributed by atoms with Gasteiger partial charge >= 0.3 is 21.1 Å². The molecule has 69 heavy (non-hydrogen) atoms. The number of hydrogen-bond acceptors (Lipinski definition) is 10. The number of benzene rings is 3. The maximum atomic E-state index is 11.9. The fourth-order valence-corrected chi connectivity index (χ4v) is 8.96. The number of fused-ring (bicyclic) bond motifs is 3. The molecule has 370 valence electrons. The number of nitrogens with zero attached hydrogens (tertiary/aromatic N) is 2. The van der Waals surface area contributed by atoms with Gasteiger partial charge < -0.3 is 43.0 Å². The number of nitrogens with one attached hydrogen (secondary N) is 1. The zero-order valence-electron chi connectivity index (χ0n) is 42.2. The SMILES string of the molecule is Brc1cccc2c1CNC2.C=CC(=O)Cl.C=CC(=O)N1Cc2cccc(B3OC(C)(C)C(C)(C)O3)c2C1.C=CC(=O)N1Cc2cccc(Br)c2C1.CC1(C)OB(B2OC(C)(C)C(C)(C)O2)OC1(C)C. The van der Waals surface area contributed by atoms with Crippen LogP contribution >= 0.6 is 43.5 Å². The van der Waals surface area contributed by atoms with Crippen LogP contribution in [-0.4, -0.2) is 81.6 Å². The second-order valence-electron chi connectivity index (χ2n) is 20.5. The zero-order chi connectivity index (χ0) is 51.5. The van der Waals surface area contributed by atoms with Gasteiger partial charge in [0.1, 0.15) is 0 Å². The standard InChI is InChI=1S/C17H22BNO3.C12H24B2O4.C11H10BrNO.C8H8BrN.C3H3ClO/c1-6-15(20)19-10-12-8-7-9-14(13(12)11-19)18-21-16(2,3)17(4,5)22-18;1-9(2)10(3,4)16-13(15-9)14-17-11(5,6)12(7,8)18-14;1-2-11(14)13-6-8-4-3-5-10(12)9(8)7-13;9-8-3-1-2-6-4-10-5-7(6)8;1-2-3(4)5/h6-9H,1,10-11H2,2-5H3;1-8H3;2-5H,1,6-7H2;1-3,10H,4-5H2;2H,1H2. The van der Waals surface area contributed by atoms with Crippen LogP contribution in [0.4, 0.5) is 0 Å². The van der Waals surface area contributed by atoms with Gasteiger partial charge in [-0.2, -0.15) is 0 Å². The Labute approximate surface area is 432 Å². The average Bonchev–Trinajstić information content (AvgIpc) is 4.12. The van der Waals surface area contributed by atoms with Crippen molar-refractivity contribution in [2.45, 2.75) is 156 Å². The van der Waals surface area contributed by atoms with Crippen molar-refractivity contribution in [1.82, 2.24) is 15.1 Å². The number of carbonyl (C=O) groups excluding carboxylic acids is 3. The number of amides is 2. The fourth-order valence-electron chi connectivity index (χ4n) is 7.88. The van der Waals surface area contributed by atoms with Gasteiger partial charge in [-0.3, -0.25) is 14.4 Å². The molecule has 6 aliphatic rings. The molecule has 2 amide bonds. The molecule has 0 spiro atoms. The van der Waals surface area contributed by atoms with Gasteiger partial charge in [0.25, 0.3) is 0 Å². The molecule has 3 saturated heterocycles. The van der Waals surface area contributed by atoms with Crippen LogP contribution in [0, 0.1) is 0 Å². The minimum atomic E-state index is -0.509. The monoisotopic (exact) mass is 1090 g/mol. The summed E-state index contributed by atoms with van der Waals surface area (Å²) < 4.78 is 38.5. The second-order valence-corrected chi connectivity index (χ2v) is 22.6. The number of halogens is 3. The van der Waals surface area contributed by atoms with Crippen LogP contribution < -0.4 is 10.8 Å². The molecule has 0 saturated carbocycles. The number of allylic oxidation sites excluding steroid dienone is 1. The lowest BCUT2D eigenvalue weighted by Gasteiger charge is -2.32. The molecule has 0 aromatic heterocycles. The van der Waals surface area contributed by atoms with E-state index in [0.29, 0.717) is 26.2 Å². The summed E-state index contributed by atoms with van der Waals surface area (Å²) in [5.41, 5.74) is 6.42. The van der Waals surface area contributed by atoms with Gasteiger partial charge in [-0.05, 0) is 164 Å². The quantitative estimate of drug-likeness (QED) is 0.150. The van der Waals surface area contributed by atoms with E-state index in [-0.39, 0.29) is 45.4 Å². The average molecular weight is 1090 g/mol. The molecule has 6 heterocycles. The van der Waals surface area contributed by atoms with Crippen LogP contribution in [0.3, 0.4) is 0 Å². The van der Waals surface area contributed by atoms with E-state index in [0.717, 1.165) is 40.2 Å². The molecule has 3 fully saturated rings. The summed E-state index contributed by atoms with van der Waals surface area (Å²) in [6.07, 6.45) is 3.77. The molecule has 9 rings (SSSR count). The van der Waals surface area contributed by atoms with Crippen molar-refractivity contribution in [3.05, 3.63) is 135 Å². The van der Waals surface area contributed by atoms with Crippen LogP contribution in [0.1, 0.15) is 116 Å². The van der Waals surface area contributed by atoms with Gasteiger partial charge in [0, 0.05) is 48.2 Å². The van der Waals surface area contributed by atoms with E-state index in [9.17, 15) is 14.4 Å². The molecule has 1 N–H and O–H groups in total. The maximum absolute atomic E-state index is 11.9. The van der Waals surface area contributed by atoms with E-state index in [1.54, 1.807) is 9.80 Å². The molecular weight excluding hydrogens is 1030 g/mol. The zero-order valence-corrected chi connectivity index (χ0v) is 46.2. The van der Waals surface area contributed by atoms with Gasteiger partial charge in [0.2, 0.25) is 17.1 Å². The molecule has 0 radical (unpaired) electrons. The topological polar surface area (TPSA) is 125 Å². The maximum Gasteiger partial charge on any atom is 0.495 e. The summed E-state index contributed by atoms with van der Waals surface area (Å²) in [7, 11) is -1.34. The van der Waals surface area contributed by atoms with E-state index >= 15 is 0 Å². The molecule has 6 aliphatic heterocycles. The Balaban J connectivity index is 0.000000171. The fraction of sp³-hybridized carbons (Fsp3) is 0.471. The highest BCUT2D eigenvalue weighted by Crippen LogP contribution is 2.43. The van der Waals surface area contributed by atoms with Crippen LogP contribution in [0.25, 0.3) is 0 Å². The first kappa shape index (κ1) is 56.6. The molecule has 3 aromatic rings. The van der Waals surface area contributed by atoms with Gasteiger partial charge in [0.05, 0.1) is 33.6 Å². The number of carbonyl (C=O) groups is 3. The molecule has 12 nitrogen and oxygen atoms in total. The molecule has 0 atom stereocenters. The van der Waals surface area contributed by atoms with Gasteiger partial charge in [-0.15, -0.1) is 0 Å². The third kappa shape index (κ3) is 13.0. The molecule has 0 aliphatic carbocycles. The molecule has 0 unspecified atom stereocenters. The minimum Gasteiger partial charge on any atom is -0.405 e. The van der Waals surface area contributed by atoms with Crippen LogP contribution in [-0.2, 0) is 81.6 Å². The third-order valence-corrected chi connectivity index (χ3v) is 15.8. The normalized spacial score (nSPS) is 20.8. The molecule has 0 bridgehead atoms. The first-order chi connectivity index (χ1) is 32.0. The van der Waals surface area contributed by atoms with Gasteiger partial charge in [-0.1, -0.05) is 94.1 Å². The first-order valence-corrected chi connectivity index (χ1v) is 25.0. The Bertz CT molecular complexity index is 2350. The van der Waals surface area contributed by atoms with Crippen molar-refractivity contribution < 1.29 is 42.3 Å². The Hall–Kier alpha value is -3.35. The predicted octanol–water partition coefficient (Wildman–Crippen LogP) is 9.73. The summed E-state index contributed by atoms with van der Waals surface area (Å²) in [5.74, 6) is -0.0517. The van der Waals surface area contributed by atoms with E-state index in [1.165, 1.54) is 38.9 Å². The van der Waals surface area contributed by atoms with Crippen LogP contribution in [0.2, 0.25) is 0 Å². The summed E-state index contributed by atoms with van der Waals surface area (Å²) in [4.78, 5) is 36.3. The highest BCUT2D eigenvalue weighted by Gasteiger charge is 2.63. The highest BCUT2D eigenvalue weighted by molar-refractivity contribution is 9.10. The van der Waals surface area contributed by atoms with E-state index in [4.69, 9.17) is 39.5 Å². The Kier molecular flexibility index (Phi) is 18.2. The van der Waals surface area contributed by atoms with Crippen LogP contribution in [0.5, 0.6) is 0 Å². The van der Waals surface area contributed by atoms with Crippen molar-refractivity contribution in [1.29, 1.82) is 0 Å². The largest absolute Gasteiger partial charge is 0.495 e. The van der Waals surface area contributed by atoms with Crippen molar-refractivity contribution in [2.75, 3.05) is 0 Å². The highest BCUT2D eigenvalue weighted by atomic mass is 79.9. The molecular formula is C51H67B3Br2ClN3O9. The van der Waals surface area contributed by atoms with Crippen molar-refractivity contribution >= 4 is 87.1 Å². The van der Waals surface area contributed by atoms with Crippen molar-refractivity contribution in [3.63, 3.8) is 0 Å². The lowest BCUT2D eigenvalue weighted by Crippen LogP contribution is -2.41. The van der Waals surface area contributed by atoms with Crippen molar-refractivity contribution in [2.24, 2.45) is 0 Å². The van der Waals surface area contributed by atoms with Gasteiger partial charge in [0.15, 0.2) is 0 Å². The summed E-state index contributed by atoms with van der Waals surface area (Å²) in [6.45, 7) is 39.1. The first-order valence-electron chi connectivity index (χ1n) is 23.1. The van der Waals surface area contributed by atoms with Crippen LogP contribution in [0.15, 0.2) is 102 Å². The summed E-state index contributed by atoms with van der Waals surface area (Å²) in [5, 5.41) is 2.79. The predicted molar refractivity (Wildman–Crippen MR) is 283 cm³/mol. The summed E-state index contributed by atoms with van der Waals surface area (Å²) in [6, 6.07) is 18.5. The van der Waals surface area contributed by atoms with E-state index in [1.807, 2.05) is 107 Å². The third-order valence-electron chi connectivity index (χ3n) is 14.2. The minimum absolute atomic E-state index is 0.00639. The van der Waals surface area contributed by atoms with Crippen molar-refractivity contribution in [3.8, 4) is 0 Å². The smallest absolute Gasteiger partial charge is 0.405 e. The lowest BCUT2D eigenvalue weighted by molar-refractivity contribution is -0.127.